The zero-order valence-corrected chi connectivity index (χ0v) is 13.2. The standard InChI is InChI=1S/C17H23NO3/c1-12-7-5-6-8-14(12)13-9-10-18(15(19)11-13)16(20)21-17(2,3)4/h5-8,13H,9-11H2,1-4H3/t13-/m1/s1. The molecule has 1 saturated heterocycles. The molecular weight excluding hydrogens is 266 g/mol. The molecule has 0 bridgehead atoms. The lowest BCUT2D eigenvalue weighted by Crippen LogP contribution is -2.45. The average molecular weight is 289 g/mol. The minimum Gasteiger partial charge on any atom is -0.443 e. The molecule has 1 heterocycles. The first-order chi connectivity index (χ1) is 9.78. The van der Waals surface area contributed by atoms with E-state index in [0.29, 0.717) is 13.0 Å². The van der Waals surface area contributed by atoms with Crippen LogP contribution in [-0.2, 0) is 9.53 Å². The monoisotopic (exact) mass is 289 g/mol. The Balaban J connectivity index is 2.05. The number of carbonyl (C=O) groups excluding carboxylic acids is 2. The SMILES string of the molecule is Cc1ccccc1[C@@H]1CCN(C(=O)OC(C)(C)C)C(=O)C1. The van der Waals surface area contributed by atoms with Gasteiger partial charge in [0, 0.05) is 13.0 Å². The number of benzene rings is 1. The van der Waals surface area contributed by atoms with Crippen LogP contribution in [-0.4, -0.2) is 29.0 Å². The molecule has 1 aliphatic rings. The van der Waals surface area contributed by atoms with Crippen LogP contribution in [0.2, 0.25) is 0 Å². The summed E-state index contributed by atoms with van der Waals surface area (Å²) >= 11 is 0. The summed E-state index contributed by atoms with van der Waals surface area (Å²) < 4.78 is 5.28. The normalized spacial score (nSPS) is 19.5. The van der Waals surface area contributed by atoms with E-state index in [2.05, 4.69) is 19.1 Å². The molecule has 114 valence electrons. The van der Waals surface area contributed by atoms with Crippen LogP contribution < -0.4 is 0 Å². The summed E-state index contributed by atoms with van der Waals surface area (Å²) in [4.78, 5) is 25.5. The van der Waals surface area contributed by atoms with Crippen molar-refractivity contribution in [2.45, 2.75) is 52.1 Å². The number of likely N-dealkylation sites (tertiary alicyclic amines) is 1. The molecule has 21 heavy (non-hydrogen) atoms. The molecule has 1 fully saturated rings. The van der Waals surface area contributed by atoms with Crippen molar-refractivity contribution in [1.82, 2.24) is 4.90 Å². The summed E-state index contributed by atoms with van der Waals surface area (Å²) in [6, 6.07) is 8.11. The van der Waals surface area contributed by atoms with Gasteiger partial charge in [0.2, 0.25) is 5.91 Å². The Morgan fingerprint density at radius 2 is 1.95 bits per heavy atom. The van der Waals surface area contributed by atoms with E-state index in [0.717, 1.165) is 6.42 Å². The molecule has 0 spiro atoms. The van der Waals surface area contributed by atoms with E-state index in [1.165, 1.54) is 16.0 Å². The summed E-state index contributed by atoms with van der Waals surface area (Å²) in [6.07, 6.45) is 0.621. The van der Waals surface area contributed by atoms with Crippen molar-refractivity contribution < 1.29 is 14.3 Å². The fraction of sp³-hybridized carbons (Fsp3) is 0.529. The van der Waals surface area contributed by atoms with Crippen LogP contribution in [0.15, 0.2) is 24.3 Å². The highest BCUT2D eigenvalue weighted by Gasteiger charge is 2.33. The maximum absolute atomic E-state index is 12.2. The Hall–Kier alpha value is -1.84. The Bertz CT molecular complexity index is 545. The van der Waals surface area contributed by atoms with E-state index < -0.39 is 11.7 Å². The molecule has 0 aromatic heterocycles. The first-order valence-corrected chi connectivity index (χ1v) is 7.37. The number of imide groups is 1. The lowest BCUT2D eigenvalue weighted by molar-refractivity contribution is -0.132. The van der Waals surface area contributed by atoms with Crippen molar-refractivity contribution in [2.24, 2.45) is 0 Å². The number of aryl methyl sites for hydroxylation is 1. The van der Waals surface area contributed by atoms with Crippen molar-refractivity contribution in [2.75, 3.05) is 6.54 Å². The lowest BCUT2D eigenvalue weighted by atomic mass is 9.86. The average Bonchev–Trinajstić information content (AvgIpc) is 2.37. The third kappa shape index (κ3) is 3.84. The molecular formula is C17H23NO3. The molecule has 1 atom stereocenters. The van der Waals surface area contributed by atoms with Gasteiger partial charge in [-0.05, 0) is 51.2 Å². The van der Waals surface area contributed by atoms with Gasteiger partial charge >= 0.3 is 6.09 Å². The van der Waals surface area contributed by atoms with Gasteiger partial charge in [0.1, 0.15) is 5.60 Å². The quantitative estimate of drug-likeness (QED) is 0.793. The van der Waals surface area contributed by atoms with Gasteiger partial charge in [-0.1, -0.05) is 24.3 Å². The minimum absolute atomic E-state index is 0.149. The number of hydrogen-bond donors (Lipinski definition) is 0. The van der Waals surface area contributed by atoms with Gasteiger partial charge in [0.15, 0.2) is 0 Å². The molecule has 0 saturated carbocycles. The van der Waals surface area contributed by atoms with Crippen LogP contribution in [0.25, 0.3) is 0 Å². The zero-order valence-electron chi connectivity index (χ0n) is 13.2. The Morgan fingerprint density at radius 1 is 1.29 bits per heavy atom. The Morgan fingerprint density at radius 3 is 2.52 bits per heavy atom. The van der Waals surface area contributed by atoms with Crippen LogP contribution in [0.5, 0.6) is 0 Å². The Labute approximate surface area is 126 Å². The van der Waals surface area contributed by atoms with Gasteiger partial charge in [0.25, 0.3) is 0 Å². The topological polar surface area (TPSA) is 46.6 Å². The molecule has 0 unspecified atom stereocenters. The van der Waals surface area contributed by atoms with Crippen molar-refractivity contribution in [3.05, 3.63) is 35.4 Å². The fourth-order valence-corrected chi connectivity index (χ4v) is 2.65. The van der Waals surface area contributed by atoms with Crippen molar-refractivity contribution in [3.63, 3.8) is 0 Å². The highest BCUT2D eigenvalue weighted by Crippen LogP contribution is 2.31. The summed E-state index contributed by atoms with van der Waals surface area (Å²) in [7, 11) is 0. The van der Waals surface area contributed by atoms with E-state index in [4.69, 9.17) is 4.74 Å². The van der Waals surface area contributed by atoms with Crippen LogP contribution in [0, 0.1) is 6.92 Å². The second-order valence-corrected chi connectivity index (χ2v) is 6.57. The highest BCUT2D eigenvalue weighted by atomic mass is 16.6. The second-order valence-electron chi connectivity index (χ2n) is 6.57. The largest absolute Gasteiger partial charge is 0.443 e. The third-order valence-electron chi connectivity index (χ3n) is 3.67. The lowest BCUT2D eigenvalue weighted by Gasteiger charge is -2.32. The van der Waals surface area contributed by atoms with Gasteiger partial charge in [-0.25, -0.2) is 9.69 Å². The number of rotatable bonds is 1. The molecule has 0 N–H and O–H groups in total. The smallest absolute Gasteiger partial charge is 0.417 e. The van der Waals surface area contributed by atoms with E-state index in [-0.39, 0.29) is 11.8 Å². The maximum Gasteiger partial charge on any atom is 0.417 e. The molecule has 0 aliphatic carbocycles. The van der Waals surface area contributed by atoms with Gasteiger partial charge in [-0.3, -0.25) is 4.79 Å². The molecule has 2 amide bonds. The molecule has 1 aliphatic heterocycles. The maximum atomic E-state index is 12.2. The summed E-state index contributed by atoms with van der Waals surface area (Å²) in [5, 5.41) is 0. The van der Waals surface area contributed by atoms with Crippen LogP contribution in [0.1, 0.15) is 50.7 Å². The second kappa shape index (κ2) is 5.88. The summed E-state index contributed by atoms with van der Waals surface area (Å²) in [5.74, 6) is 0.0427. The van der Waals surface area contributed by atoms with Gasteiger partial charge in [-0.2, -0.15) is 0 Å². The third-order valence-corrected chi connectivity index (χ3v) is 3.67. The van der Waals surface area contributed by atoms with Gasteiger partial charge in [-0.15, -0.1) is 0 Å². The van der Waals surface area contributed by atoms with E-state index in [1.807, 2.05) is 12.1 Å². The van der Waals surface area contributed by atoms with Crippen LogP contribution >= 0.6 is 0 Å². The molecule has 1 aromatic rings. The van der Waals surface area contributed by atoms with Crippen molar-refractivity contribution in [1.29, 1.82) is 0 Å². The predicted molar refractivity (Wildman–Crippen MR) is 81.1 cm³/mol. The summed E-state index contributed by atoms with van der Waals surface area (Å²) in [5.41, 5.74) is 1.82. The van der Waals surface area contributed by atoms with Crippen molar-refractivity contribution >= 4 is 12.0 Å². The Kier molecular flexibility index (Phi) is 4.35. The number of hydrogen-bond acceptors (Lipinski definition) is 3. The first kappa shape index (κ1) is 15.5. The minimum atomic E-state index is -0.579. The first-order valence-electron chi connectivity index (χ1n) is 7.37. The number of carbonyl (C=O) groups is 2. The molecule has 4 heteroatoms. The molecule has 2 rings (SSSR count). The van der Waals surface area contributed by atoms with E-state index in [1.54, 1.807) is 20.8 Å². The number of piperidine rings is 1. The van der Waals surface area contributed by atoms with Gasteiger partial charge < -0.3 is 4.74 Å². The van der Waals surface area contributed by atoms with E-state index in [9.17, 15) is 9.59 Å². The van der Waals surface area contributed by atoms with Crippen LogP contribution in [0.4, 0.5) is 4.79 Å². The molecule has 4 nitrogen and oxygen atoms in total. The zero-order chi connectivity index (χ0) is 15.6. The predicted octanol–water partition coefficient (Wildman–Crippen LogP) is 3.64. The number of amides is 2. The molecule has 1 aromatic carbocycles. The van der Waals surface area contributed by atoms with Crippen LogP contribution in [0.3, 0.4) is 0 Å². The molecule has 0 radical (unpaired) electrons. The van der Waals surface area contributed by atoms with Gasteiger partial charge in [0.05, 0.1) is 0 Å². The number of ether oxygens (including phenoxy) is 1. The summed E-state index contributed by atoms with van der Waals surface area (Å²) in [6.45, 7) is 7.88. The van der Waals surface area contributed by atoms with Crippen molar-refractivity contribution in [3.8, 4) is 0 Å². The van der Waals surface area contributed by atoms with E-state index >= 15 is 0 Å². The fourth-order valence-electron chi connectivity index (χ4n) is 2.65. The highest BCUT2D eigenvalue weighted by molar-refractivity contribution is 5.93. The number of nitrogens with zero attached hydrogens (tertiary/aromatic N) is 1.